The number of anilines is 2. The summed E-state index contributed by atoms with van der Waals surface area (Å²) in [6.07, 6.45) is 3.29. The zero-order chi connectivity index (χ0) is 17.6. The minimum absolute atomic E-state index is 0.0945. The summed E-state index contributed by atoms with van der Waals surface area (Å²) < 4.78 is 1.59. The van der Waals surface area contributed by atoms with E-state index in [9.17, 15) is 15.0 Å². The highest BCUT2D eigenvalue weighted by molar-refractivity contribution is 6.03. The van der Waals surface area contributed by atoms with E-state index in [1.54, 1.807) is 35.1 Å². The number of carbonyl (C=O) groups excluding carboxylic acids is 1. The molecule has 128 valence electrons. The zero-order valence-corrected chi connectivity index (χ0v) is 13.4. The van der Waals surface area contributed by atoms with Crippen LogP contribution in [-0.2, 0) is 20.1 Å². The third-order valence-corrected chi connectivity index (χ3v) is 4.20. The average Bonchev–Trinajstić information content (AvgIpc) is 3.23. The van der Waals surface area contributed by atoms with Gasteiger partial charge < -0.3 is 20.4 Å². The Morgan fingerprint density at radius 3 is 2.88 bits per heavy atom. The lowest BCUT2D eigenvalue weighted by molar-refractivity contribution is 0.0747. The molecular formula is C16H16N6O3. The van der Waals surface area contributed by atoms with Gasteiger partial charge in [0.05, 0.1) is 30.3 Å². The Labute approximate surface area is 142 Å². The lowest BCUT2D eigenvalue weighted by atomic mass is 10.1. The first-order valence-corrected chi connectivity index (χ1v) is 7.64. The molecule has 0 spiro atoms. The predicted octanol–water partition coefficient (Wildman–Crippen LogP) is 1.45. The van der Waals surface area contributed by atoms with Crippen LogP contribution in [0.25, 0.3) is 0 Å². The third kappa shape index (κ3) is 2.55. The number of hydrogen-bond acceptors (Lipinski definition) is 6. The lowest BCUT2D eigenvalue weighted by Crippen LogP contribution is -2.26. The molecule has 0 unspecified atom stereocenters. The number of carbonyl (C=O) groups is 1. The van der Waals surface area contributed by atoms with E-state index in [0.717, 1.165) is 17.3 Å². The highest BCUT2D eigenvalue weighted by Gasteiger charge is 2.29. The molecule has 1 aliphatic rings. The minimum Gasteiger partial charge on any atom is -0.508 e. The molecule has 0 bridgehead atoms. The Hall–Kier alpha value is -3.49. The van der Waals surface area contributed by atoms with E-state index in [0.29, 0.717) is 24.6 Å². The van der Waals surface area contributed by atoms with Gasteiger partial charge in [-0.1, -0.05) is 0 Å². The van der Waals surface area contributed by atoms with E-state index in [4.69, 9.17) is 0 Å². The number of aromatic nitrogens is 4. The van der Waals surface area contributed by atoms with Gasteiger partial charge >= 0.3 is 0 Å². The molecule has 0 aliphatic carbocycles. The number of amides is 1. The van der Waals surface area contributed by atoms with Crippen molar-refractivity contribution in [1.29, 1.82) is 0 Å². The normalized spacial score (nSPS) is 13.1. The number of aromatic hydroxyl groups is 2. The van der Waals surface area contributed by atoms with Crippen molar-refractivity contribution in [3.8, 4) is 11.5 Å². The van der Waals surface area contributed by atoms with E-state index in [1.165, 1.54) is 6.07 Å². The van der Waals surface area contributed by atoms with Crippen LogP contribution in [0.2, 0.25) is 0 Å². The van der Waals surface area contributed by atoms with Crippen molar-refractivity contribution >= 4 is 17.4 Å². The van der Waals surface area contributed by atoms with Crippen LogP contribution in [0.1, 0.15) is 21.6 Å². The fourth-order valence-electron chi connectivity index (χ4n) is 2.93. The summed E-state index contributed by atoms with van der Waals surface area (Å²) in [5.41, 5.74) is 2.23. The quantitative estimate of drug-likeness (QED) is 0.573. The van der Waals surface area contributed by atoms with Crippen LogP contribution < -0.4 is 5.32 Å². The second-order valence-corrected chi connectivity index (χ2v) is 5.89. The minimum atomic E-state index is -0.341. The van der Waals surface area contributed by atoms with E-state index in [2.05, 4.69) is 20.6 Å². The molecule has 0 radical (unpaired) electrons. The number of hydrogen-bond donors (Lipinski definition) is 4. The van der Waals surface area contributed by atoms with Gasteiger partial charge in [0.1, 0.15) is 22.9 Å². The molecule has 9 nitrogen and oxygen atoms in total. The number of fused-ring (bicyclic) bond motifs is 1. The summed E-state index contributed by atoms with van der Waals surface area (Å²) in [6.45, 7) is 0.801. The van der Waals surface area contributed by atoms with Crippen molar-refractivity contribution < 1.29 is 15.0 Å². The first kappa shape index (κ1) is 15.1. The molecule has 0 atom stereocenters. The van der Waals surface area contributed by atoms with Crippen molar-refractivity contribution in [3.63, 3.8) is 0 Å². The number of rotatable bonds is 3. The molecule has 3 aromatic rings. The molecule has 1 aromatic carbocycles. The van der Waals surface area contributed by atoms with Crippen LogP contribution in [0.4, 0.5) is 11.5 Å². The van der Waals surface area contributed by atoms with Crippen LogP contribution in [0, 0.1) is 0 Å². The molecule has 2 aromatic heterocycles. The largest absolute Gasteiger partial charge is 0.508 e. The van der Waals surface area contributed by atoms with Gasteiger partial charge in [-0.05, 0) is 0 Å². The standard InChI is InChI=1S/C16H16N6O3/c1-21-14(2-3-18-21)19-11-4-10(23)5-13(24)15(11)16(25)22-7-9-6-17-20-12(9)8-22/h2-6,19,23-24H,7-8H2,1H3,(H,17,20). The first-order chi connectivity index (χ1) is 12.0. The van der Waals surface area contributed by atoms with Gasteiger partial charge in [0.15, 0.2) is 0 Å². The predicted molar refractivity (Wildman–Crippen MR) is 88.4 cm³/mol. The van der Waals surface area contributed by atoms with Crippen molar-refractivity contribution in [2.75, 3.05) is 5.32 Å². The number of phenols is 2. The third-order valence-electron chi connectivity index (χ3n) is 4.20. The molecule has 4 rings (SSSR count). The maximum absolute atomic E-state index is 13.0. The smallest absolute Gasteiger partial charge is 0.260 e. The molecule has 1 aliphatic heterocycles. The first-order valence-electron chi connectivity index (χ1n) is 7.64. The number of benzene rings is 1. The fraction of sp³-hybridized carbons (Fsp3) is 0.188. The van der Waals surface area contributed by atoms with Gasteiger partial charge in [0.2, 0.25) is 0 Å². The van der Waals surface area contributed by atoms with E-state index >= 15 is 0 Å². The lowest BCUT2D eigenvalue weighted by Gasteiger charge is -2.19. The molecule has 0 saturated carbocycles. The summed E-state index contributed by atoms with van der Waals surface area (Å²) in [4.78, 5) is 14.6. The Bertz CT molecular complexity index is 940. The average molecular weight is 340 g/mol. The van der Waals surface area contributed by atoms with E-state index < -0.39 is 0 Å². The Morgan fingerprint density at radius 2 is 2.16 bits per heavy atom. The molecule has 0 saturated heterocycles. The number of aromatic amines is 1. The monoisotopic (exact) mass is 340 g/mol. The molecule has 3 heterocycles. The van der Waals surface area contributed by atoms with Crippen LogP contribution in [0.15, 0.2) is 30.6 Å². The summed E-state index contributed by atoms with van der Waals surface area (Å²) in [6, 6.07) is 4.27. The van der Waals surface area contributed by atoms with Gasteiger partial charge in [-0.15, -0.1) is 0 Å². The Morgan fingerprint density at radius 1 is 1.32 bits per heavy atom. The van der Waals surface area contributed by atoms with Gasteiger partial charge in [-0.3, -0.25) is 14.6 Å². The summed E-state index contributed by atoms with van der Waals surface area (Å²) in [5, 5.41) is 34.0. The van der Waals surface area contributed by atoms with Crippen molar-refractivity contribution in [3.05, 3.63) is 47.4 Å². The van der Waals surface area contributed by atoms with Crippen LogP contribution in [0.3, 0.4) is 0 Å². The van der Waals surface area contributed by atoms with Gasteiger partial charge in [-0.25, -0.2) is 0 Å². The van der Waals surface area contributed by atoms with Crippen LogP contribution in [-0.4, -0.2) is 41.0 Å². The number of phenolic OH excluding ortho intramolecular Hbond substituents is 2. The summed E-state index contributed by atoms with van der Waals surface area (Å²) in [5.74, 6) is -0.153. The number of aryl methyl sites for hydroxylation is 1. The molecular weight excluding hydrogens is 324 g/mol. The molecule has 1 amide bonds. The van der Waals surface area contributed by atoms with Gasteiger partial charge in [-0.2, -0.15) is 10.2 Å². The Balaban J connectivity index is 1.70. The fourth-order valence-corrected chi connectivity index (χ4v) is 2.93. The zero-order valence-electron chi connectivity index (χ0n) is 13.4. The SMILES string of the molecule is Cn1nccc1Nc1cc(O)cc(O)c1C(=O)N1Cc2cn[nH]c2C1. The second-order valence-electron chi connectivity index (χ2n) is 5.89. The van der Waals surface area contributed by atoms with Gasteiger partial charge in [0.25, 0.3) is 5.91 Å². The van der Waals surface area contributed by atoms with Crippen LogP contribution in [0.5, 0.6) is 11.5 Å². The maximum atomic E-state index is 13.0. The second kappa shape index (κ2) is 5.55. The number of nitrogens with zero attached hydrogens (tertiary/aromatic N) is 4. The van der Waals surface area contributed by atoms with Crippen molar-refractivity contribution in [1.82, 2.24) is 24.9 Å². The topological polar surface area (TPSA) is 119 Å². The summed E-state index contributed by atoms with van der Waals surface area (Å²) >= 11 is 0. The molecule has 4 N–H and O–H groups in total. The molecule has 25 heavy (non-hydrogen) atoms. The van der Waals surface area contributed by atoms with Gasteiger partial charge in [0, 0.05) is 37.4 Å². The van der Waals surface area contributed by atoms with Crippen LogP contribution >= 0.6 is 0 Å². The van der Waals surface area contributed by atoms with Crippen molar-refractivity contribution in [2.45, 2.75) is 13.1 Å². The van der Waals surface area contributed by atoms with Crippen molar-refractivity contribution in [2.24, 2.45) is 7.05 Å². The highest BCUT2D eigenvalue weighted by Crippen LogP contribution is 2.35. The van der Waals surface area contributed by atoms with E-state index in [1.807, 2.05) is 0 Å². The number of H-pyrrole nitrogens is 1. The molecule has 9 heteroatoms. The molecule has 0 fully saturated rings. The van der Waals surface area contributed by atoms with E-state index in [-0.39, 0.29) is 23.0 Å². The maximum Gasteiger partial charge on any atom is 0.260 e. The highest BCUT2D eigenvalue weighted by atomic mass is 16.3. The summed E-state index contributed by atoms with van der Waals surface area (Å²) in [7, 11) is 1.74. The number of nitrogens with one attached hydrogen (secondary N) is 2. The Kier molecular flexibility index (Phi) is 3.34.